The van der Waals surface area contributed by atoms with Crippen molar-refractivity contribution in [3.8, 4) is 0 Å². The Hall–Kier alpha value is -0.700. The predicted octanol–water partition coefficient (Wildman–Crippen LogP) is 1.24. The van der Waals surface area contributed by atoms with Crippen molar-refractivity contribution < 1.29 is 9.94 Å². The van der Waals surface area contributed by atoms with E-state index in [0.29, 0.717) is 0 Å². The molecule has 10 heavy (non-hydrogen) atoms. The number of nitrogens with zero attached hydrogens (tertiary/aromatic N) is 1. The molecule has 0 radical (unpaired) electrons. The summed E-state index contributed by atoms with van der Waals surface area (Å²) in [4.78, 5) is 0. The minimum Gasteiger partial charge on any atom is -0.284 e. The maximum atomic E-state index is 9.19. The second-order valence-electron chi connectivity index (χ2n) is 2.09. The van der Waals surface area contributed by atoms with Crippen molar-refractivity contribution in [2.24, 2.45) is 0 Å². The number of pyridine rings is 1. The topological polar surface area (TPSA) is 24.1 Å². The Morgan fingerprint density at radius 3 is 2.70 bits per heavy atom. The fourth-order valence-corrected chi connectivity index (χ4v) is 1.18. The van der Waals surface area contributed by atoms with Crippen LogP contribution < -0.4 is 4.73 Å². The Kier molecular flexibility index (Phi) is 2.17. The van der Waals surface area contributed by atoms with Gasteiger partial charge in [-0.2, -0.15) is 0 Å². The van der Waals surface area contributed by atoms with Gasteiger partial charge >= 0.3 is 0 Å². The number of aryl methyl sites for hydroxylation is 1. The lowest BCUT2D eigenvalue weighted by Crippen LogP contribution is -2.32. The van der Waals surface area contributed by atoms with Crippen molar-refractivity contribution >= 4 is 11.8 Å². The quantitative estimate of drug-likeness (QED) is 0.376. The van der Waals surface area contributed by atoms with Gasteiger partial charge in [-0.1, -0.05) is 11.8 Å². The molecule has 0 saturated heterocycles. The summed E-state index contributed by atoms with van der Waals surface area (Å²) in [6, 6.07) is 3.86. The van der Waals surface area contributed by atoms with Crippen LogP contribution in [0.3, 0.4) is 0 Å². The highest BCUT2D eigenvalue weighted by Crippen LogP contribution is 2.07. The molecular formula is C7H10NOS+. The molecule has 0 amide bonds. The van der Waals surface area contributed by atoms with E-state index in [4.69, 9.17) is 0 Å². The van der Waals surface area contributed by atoms with E-state index in [9.17, 15) is 5.21 Å². The first-order valence-electron chi connectivity index (χ1n) is 2.99. The average Bonchev–Trinajstić information content (AvgIpc) is 1.88. The van der Waals surface area contributed by atoms with Crippen LogP contribution in [0.15, 0.2) is 23.4 Å². The number of rotatable bonds is 1. The monoisotopic (exact) mass is 156 g/mol. The zero-order chi connectivity index (χ0) is 7.56. The van der Waals surface area contributed by atoms with Crippen molar-refractivity contribution in [2.45, 2.75) is 11.9 Å². The molecule has 0 aliphatic rings. The first-order valence-corrected chi connectivity index (χ1v) is 4.22. The molecule has 3 heteroatoms. The molecule has 0 spiro atoms. The molecule has 0 aliphatic heterocycles. The van der Waals surface area contributed by atoms with Crippen LogP contribution in [-0.2, 0) is 0 Å². The summed E-state index contributed by atoms with van der Waals surface area (Å²) in [5.41, 5.74) is 1.06. The third-order valence-corrected chi connectivity index (χ3v) is 1.99. The number of hydrogen-bond acceptors (Lipinski definition) is 2. The molecule has 2 nitrogen and oxygen atoms in total. The smallest absolute Gasteiger partial charge is 0.284 e. The van der Waals surface area contributed by atoms with Crippen LogP contribution in [-0.4, -0.2) is 11.5 Å². The van der Waals surface area contributed by atoms with Crippen LogP contribution >= 0.6 is 11.8 Å². The van der Waals surface area contributed by atoms with E-state index in [0.717, 1.165) is 15.3 Å². The SMILES string of the molecule is CSc1ccc(C)c[n+]1O. The molecule has 1 aromatic rings. The Labute approximate surface area is 64.5 Å². The molecule has 1 N–H and O–H groups in total. The highest BCUT2D eigenvalue weighted by Gasteiger charge is 2.06. The van der Waals surface area contributed by atoms with Crippen LogP contribution in [0.4, 0.5) is 0 Å². The van der Waals surface area contributed by atoms with Gasteiger partial charge in [0.15, 0.2) is 0 Å². The summed E-state index contributed by atoms with van der Waals surface area (Å²) in [5, 5.41) is 10.0. The van der Waals surface area contributed by atoms with E-state index in [1.54, 1.807) is 6.20 Å². The first kappa shape index (κ1) is 7.41. The largest absolute Gasteiger partial charge is 0.290 e. The van der Waals surface area contributed by atoms with Gasteiger partial charge in [0.1, 0.15) is 0 Å². The van der Waals surface area contributed by atoms with E-state index in [1.807, 2.05) is 25.3 Å². The third-order valence-electron chi connectivity index (χ3n) is 1.25. The maximum Gasteiger partial charge on any atom is 0.290 e. The fourth-order valence-electron chi connectivity index (χ4n) is 0.740. The Bertz CT molecular complexity index is 237. The lowest BCUT2D eigenvalue weighted by molar-refractivity contribution is -0.932. The summed E-state index contributed by atoms with van der Waals surface area (Å²) in [6.45, 7) is 1.94. The summed E-state index contributed by atoms with van der Waals surface area (Å²) in [6.07, 6.45) is 3.61. The van der Waals surface area contributed by atoms with Crippen LogP contribution in [0, 0.1) is 6.92 Å². The molecule has 0 saturated carbocycles. The number of aromatic nitrogens is 1. The van der Waals surface area contributed by atoms with Gasteiger partial charge in [-0.3, -0.25) is 5.21 Å². The minimum atomic E-state index is 0.852. The van der Waals surface area contributed by atoms with Gasteiger partial charge in [0, 0.05) is 16.4 Å². The standard InChI is InChI=1S/C7H10NOS/c1-6-3-4-7(10-2)8(9)5-6/h3-5,9H,1-2H3/q+1. The van der Waals surface area contributed by atoms with Crippen molar-refractivity contribution in [1.29, 1.82) is 0 Å². The lowest BCUT2D eigenvalue weighted by atomic mass is 10.3. The number of thioether (sulfide) groups is 1. The molecule has 0 atom stereocenters. The second kappa shape index (κ2) is 2.92. The van der Waals surface area contributed by atoms with Crippen molar-refractivity contribution in [1.82, 2.24) is 0 Å². The molecule has 0 unspecified atom stereocenters. The van der Waals surface area contributed by atoms with E-state index in [-0.39, 0.29) is 0 Å². The van der Waals surface area contributed by atoms with Crippen molar-refractivity contribution in [2.75, 3.05) is 6.26 Å². The Morgan fingerprint density at radius 2 is 2.20 bits per heavy atom. The van der Waals surface area contributed by atoms with Gasteiger partial charge in [0.05, 0.1) is 0 Å². The molecule has 0 aromatic carbocycles. The Morgan fingerprint density at radius 1 is 1.50 bits per heavy atom. The normalized spacial score (nSPS) is 9.80. The molecule has 0 aliphatic carbocycles. The van der Waals surface area contributed by atoms with E-state index < -0.39 is 0 Å². The van der Waals surface area contributed by atoms with Gasteiger partial charge in [-0.05, 0) is 19.2 Å². The summed E-state index contributed by atoms with van der Waals surface area (Å²) in [5.74, 6) is 0. The van der Waals surface area contributed by atoms with Crippen LogP contribution in [0.2, 0.25) is 0 Å². The lowest BCUT2D eigenvalue weighted by Gasteiger charge is -1.91. The molecule has 0 fully saturated rings. The molecule has 1 heterocycles. The summed E-state index contributed by atoms with van der Waals surface area (Å²) in [7, 11) is 0. The first-order chi connectivity index (χ1) is 4.74. The third kappa shape index (κ3) is 1.42. The second-order valence-corrected chi connectivity index (χ2v) is 2.92. The summed E-state index contributed by atoms with van der Waals surface area (Å²) >= 11 is 1.52. The number of hydrogen-bond donors (Lipinski definition) is 1. The van der Waals surface area contributed by atoms with Gasteiger partial charge in [0.2, 0.25) is 6.20 Å². The highest BCUT2D eigenvalue weighted by molar-refractivity contribution is 7.98. The molecule has 1 rings (SSSR count). The van der Waals surface area contributed by atoms with Crippen molar-refractivity contribution in [3.05, 3.63) is 23.9 Å². The van der Waals surface area contributed by atoms with Crippen LogP contribution in [0.5, 0.6) is 0 Å². The van der Waals surface area contributed by atoms with Gasteiger partial charge in [-0.15, -0.1) is 0 Å². The molecular weight excluding hydrogens is 146 g/mol. The average molecular weight is 156 g/mol. The van der Waals surface area contributed by atoms with Gasteiger partial charge < -0.3 is 0 Å². The van der Waals surface area contributed by atoms with Crippen LogP contribution in [0.25, 0.3) is 0 Å². The van der Waals surface area contributed by atoms with Gasteiger partial charge in [0.25, 0.3) is 5.03 Å². The van der Waals surface area contributed by atoms with E-state index in [1.165, 1.54) is 11.8 Å². The minimum absolute atomic E-state index is 0.852. The zero-order valence-corrected chi connectivity index (χ0v) is 6.85. The maximum absolute atomic E-state index is 9.19. The van der Waals surface area contributed by atoms with E-state index >= 15 is 0 Å². The van der Waals surface area contributed by atoms with Gasteiger partial charge in [-0.25, -0.2) is 0 Å². The highest BCUT2D eigenvalue weighted by atomic mass is 32.2. The zero-order valence-electron chi connectivity index (χ0n) is 6.03. The van der Waals surface area contributed by atoms with Crippen molar-refractivity contribution in [3.63, 3.8) is 0 Å². The predicted molar refractivity (Wildman–Crippen MR) is 40.3 cm³/mol. The Balaban J connectivity index is 3.07. The fraction of sp³-hybridized carbons (Fsp3) is 0.286. The molecule has 1 aromatic heterocycles. The molecule has 0 bridgehead atoms. The summed E-state index contributed by atoms with van der Waals surface area (Å²) < 4.78 is 1.14. The van der Waals surface area contributed by atoms with E-state index in [2.05, 4.69) is 0 Å². The molecule has 54 valence electrons. The van der Waals surface area contributed by atoms with Crippen LogP contribution in [0.1, 0.15) is 5.56 Å².